The van der Waals surface area contributed by atoms with Crippen molar-refractivity contribution in [2.75, 3.05) is 6.61 Å². The molecule has 0 aliphatic heterocycles. The van der Waals surface area contributed by atoms with Crippen LogP contribution in [0.15, 0.2) is 24.3 Å². The van der Waals surface area contributed by atoms with E-state index in [1.807, 2.05) is 0 Å². The number of ether oxygens (including phenoxy) is 1. The first kappa shape index (κ1) is 13.0. The summed E-state index contributed by atoms with van der Waals surface area (Å²) in [5, 5.41) is 9.05. The highest BCUT2D eigenvalue weighted by Crippen LogP contribution is 2.30. The minimum Gasteiger partial charge on any atom is -0.492 e. The van der Waals surface area contributed by atoms with Crippen LogP contribution >= 0.6 is 11.6 Å². The molecule has 0 aromatic heterocycles. The monoisotopic (exact) mass is 266 g/mol. The van der Waals surface area contributed by atoms with Crippen LogP contribution in [0.1, 0.15) is 24.8 Å². The molecule has 1 aromatic carbocycles. The Hall–Kier alpha value is -1.48. The number of carboxylic acid groups (broad SMARTS) is 1. The Morgan fingerprint density at radius 3 is 2.83 bits per heavy atom. The maximum absolute atomic E-state index is 10.4. The first-order valence-electron chi connectivity index (χ1n) is 5.98. The molecule has 0 spiro atoms. The molecular formula is C14H15ClO3. The van der Waals surface area contributed by atoms with Crippen LogP contribution < -0.4 is 4.74 Å². The van der Waals surface area contributed by atoms with Gasteiger partial charge in [0.2, 0.25) is 0 Å². The second kappa shape index (κ2) is 5.91. The van der Waals surface area contributed by atoms with Gasteiger partial charge in [-0.15, -0.1) is 0 Å². The molecule has 0 radical (unpaired) electrons. The lowest BCUT2D eigenvalue weighted by atomic mass is 9.86. The molecule has 2 rings (SSSR count). The molecule has 96 valence electrons. The summed E-state index contributed by atoms with van der Waals surface area (Å²) < 4.78 is 5.65. The molecule has 0 amide bonds. The van der Waals surface area contributed by atoms with Gasteiger partial charge in [-0.05, 0) is 42.5 Å². The summed E-state index contributed by atoms with van der Waals surface area (Å²) >= 11 is 6.08. The number of carboxylic acids is 1. The zero-order valence-electron chi connectivity index (χ0n) is 9.93. The summed E-state index contributed by atoms with van der Waals surface area (Å²) in [6.45, 7) is 0.712. The highest BCUT2D eigenvalue weighted by molar-refractivity contribution is 6.32. The predicted octanol–water partition coefficient (Wildman–Crippen LogP) is 3.62. The van der Waals surface area contributed by atoms with Crippen LogP contribution in [0.3, 0.4) is 0 Å². The van der Waals surface area contributed by atoms with E-state index in [1.165, 1.54) is 25.3 Å². The second-order valence-electron chi connectivity index (χ2n) is 4.47. The summed E-state index contributed by atoms with van der Waals surface area (Å²) in [7, 11) is 0. The molecule has 1 N–H and O–H groups in total. The Balaban J connectivity index is 1.97. The number of hydrogen-bond acceptors (Lipinski definition) is 2. The molecule has 1 aromatic rings. The highest BCUT2D eigenvalue weighted by Gasteiger charge is 2.18. The fourth-order valence-corrected chi connectivity index (χ4v) is 2.02. The summed E-state index contributed by atoms with van der Waals surface area (Å²) in [5.74, 6) is 0.347. The lowest BCUT2D eigenvalue weighted by molar-refractivity contribution is -0.131. The van der Waals surface area contributed by atoms with Gasteiger partial charge >= 0.3 is 5.97 Å². The van der Waals surface area contributed by atoms with Gasteiger partial charge in [-0.25, -0.2) is 4.79 Å². The number of aliphatic carboxylic acids is 1. The predicted molar refractivity (Wildman–Crippen MR) is 71.0 cm³/mol. The number of halogens is 1. The number of hydrogen-bond donors (Lipinski definition) is 1. The van der Waals surface area contributed by atoms with Crippen LogP contribution in [0.4, 0.5) is 0 Å². The third-order valence-electron chi connectivity index (χ3n) is 3.07. The van der Waals surface area contributed by atoms with Crippen molar-refractivity contribution >= 4 is 23.6 Å². The molecule has 18 heavy (non-hydrogen) atoms. The van der Waals surface area contributed by atoms with Crippen molar-refractivity contribution in [3.63, 3.8) is 0 Å². The minimum atomic E-state index is -0.976. The van der Waals surface area contributed by atoms with Crippen molar-refractivity contribution < 1.29 is 14.6 Å². The first-order valence-corrected chi connectivity index (χ1v) is 6.36. The zero-order chi connectivity index (χ0) is 13.0. The molecular weight excluding hydrogens is 252 g/mol. The maximum Gasteiger partial charge on any atom is 0.328 e. The van der Waals surface area contributed by atoms with Gasteiger partial charge in [0, 0.05) is 6.08 Å². The number of benzene rings is 1. The van der Waals surface area contributed by atoms with Crippen molar-refractivity contribution in [2.45, 2.75) is 19.3 Å². The van der Waals surface area contributed by atoms with Crippen molar-refractivity contribution in [2.24, 2.45) is 5.92 Å². The van der Waals surface area contributed by atoms with Crippen LogP contribution in [0.5, 0.6) is 5.75 Å². The Kier molecular flexibility index (Phi) is 4.26. The van der Waals surface area contributed by atoms with Gasteiger partial charge in [0.15, 0.2) is 0 Å². The lowest BCUT2D eigenvalue weighted by Gasteiger charge is -2.25. The largest absolute Gasteiger partial charge is 0.492 e. The normalized spacial score (nSPS) is 15.6. The molecule has 0 atom stereocenters. The van der Waals surface area contributed by atoms with E-state index in [-0.39, 0.29) is 0 Å². The first-order chi connectivity index (χ1) is 8.65. The van der Waals surface area contributed by atoms with Gasteiger partial charge in [0.1, 0.15) is 5.75 Å². The van der Waals surface area contributed by atoms with E-state index in [9.17, 15) is 4.79 Å². The zero-order valence-corrected chi connectivity index (χ0v) is 10.7. The van der Waals surface area contributed by atoms with Crippen LogP contribution in [-0.4, -0.2) is 17.7 Å². The van der Waals surface area contributed by atoms with Gasteiger partial charge in [-0.2, -0.15) is 0 Å². The topological polar surface area (TPSA) is 46.5 Å². The van der Waals surface area contributed by atoms with E-state index >= 15 is 0 Å². The molecule has 4 heteroatoms. The molecule has 0 saturated heterocycles. The van der Waals surface area contributed by atoms with Gasteiger partial charge < -0.3 is 9.84 Å². The third kappa shape index (κ3) is 3.50. The van der Waals surface area contributed by atoms with Crippen molar-refractivity contribution in [3.8, 4) is 5.75 Å². The molecule has 0 heterocycles. The van der Waals surface area contributed by atoms with Gasteiger partial charge in [-0.3, -0.25) is 0 Å². The third-order valence-corrected chi connectivity index (χ3v) is 3.37. The van der Waals surface area contributed by atoms with Crippen molar-refractivity contribution in [1.82, 2.24) is 0 Å². The average molecular weight is 267 g/mol. The molecule has 1 saturated carbocycles. The Labute approximate surface area is 111 Å². The number of rotatable bonds is 5. The molecule has 0 bridgehead atoms. The van der Waals surface area contributed by atoms with E-state index in [0.717, 1.165) is 11.6 Å². The number of carbonyl (C=O) groups is 1. The SMILES string of the molecule is O=C(O)C=Cc1ccc(OCC2CCC2)c(Cl)c1. The van der Waals surface area contributed by atoms with E-state index < -0.39 is 5.97 Å². The fraction of sp³-hybridized carbons (Fsp3) is 0.357. The lowest BCUT2D eigenvalue weighted by Crippen LogP contribution is -2.19. The van der Waals surface area contributed by atoms with E-state index in [4.69, 9.17) is 21.4 Å². The van der Waals surface area contributed by atoms with Crippen LogP contribution in [0.2, 0.25) is 5.02 Å². The molecule has 1 aliphatic rings. The molecule has 1 fully saturated rings. The van der Waals surface area contributed by atoms with Crippen LogP contribution in [0.25, 0.3) is 6.08 Å². The van der Waals surface area contributed by atoms with E-state index in [2.05, 4.69) is 0 Å². The smallest absolute Gasteiger partial charge is 0.328 e. The van der Waals surface area contributed by atoms with Crippen molar-refractivity contribution in [1.29, 1.82) is 0 Å². The molecule has 1 aliphatic carbocycles. The van der Waals surface area contributed by atoms with E-state index in [1.54, 1.807) is 18.2 Å². The second-order valence-corrected chi connectivity index (χ2v) is 4.88. The van der Waals surface area contributed by atoms with Crippen LogP contribution in [0, 0.1) is 5.92 Å². The average Bonchev–Trinajstić information content (AvgIpc) is 2.26. The Bertz CT molecular complexity index is 464. The van der Waals surface area contributed by atoms with Crippen molar-refractivity contribution in [3.05, 3.63) is 34.9 Å². The summed E-state index contributed by atoms with van der Waals surface area (Å²) in [6, 6.07) is 5.28. The Morgan fingerprint density at radius 1 is 1.50 bits per heavy atom. The molecule has 0 unspecified atom stereocenters. The minimum absolute atomic E-state index is 0.516. The van der Waals surface area contributed by atoms with Gasteiger partial charge in [0.05, 0.1) is 11.6 Å². The molecule has 3 nitrogen and oxygen atoms in total. The highest BCUT2D eigenvalue weighted by atomic mass is 35.5. The standard InChI is InChI=1S/C14H15ClO3/c15-12-8-10(5-7-14(16)17)4-6-13(12)18-9-11-2-1-3-11/h4-8,11H,1-3,9H2,(H,16,17). The van der Waals surface area contributed by atoms with Gasteiger partial charge in [0.25, 0.3) is 0 Å². The quantitative estimate of drug-likeness (QED) is 0.828. The summed E-state index contributed by atoms with van der Waals surface area (Å²) in [4.78, 5) is 10.4. The van der Waals surface area contributed by atoms with Crippen LogP contribution in [-0.2, 0) is 4.79 Å². The van der Waals surface area contributed by atoms with Gasteiger partial charge in [-0.1, -0.05) is 24.1 Å². The summed E-state index contributed by atoms with van der Waals surface area (Å²) in [6.07, 6.45) is 6.35. The maximum atomic E-state index is 10.4. The Morgan fingerprint density at radius 2 is 2.28 bits per heavy atom. The fourth-order valence-electron chi connectivity index (χ4n) is 1.77. The summed E-state index contributed by atoms with van der Waals surface area (Å²) in [5.41, 5.74) is 0.749. The van der Waals surface area contributed by atoms with E-state index in [0.29, 0.717) is 23.3 Å².